The van der Waals surface area contributed by atoms with E-state index in [-0.39, 0.29) is 0 Å². The Morgan fingerprint density at radius 3 is 2.71 bits per heavy atom. The van der Waals surface area contributed by atoms with E-state index in [2.05, 4.69) is 19.2 Å². The molecule has 0 aliphatic heterocycles. The molecule has 0 bridgehead atoms. The molecule has 0 saturated carbocycles. The molecule has 1 aromatic rings. The minimum absolute atomic E-state index is 0.667. The van der Waals surface area contributed by atoms with Crippen molar-refractivity contribution in [2.24, 2.45) is 0 Å². The molecule has 0 heterocycles. The van der Waals surface area contributed by atoms with Gasteiger partial charge in [-0.2, -0.15) is 5.26 Å². The average Bonchev–Trinajstić information content (AvgIpc) is 2.26. The van der Waals surface area contributed by atoms with Gasteiger partial charge < -0.3 is 0 Å². The van der Waals surface area contributed by atoms with Crippen molar-refractivity contribution in [1.82, 2.24) is 0 Å². The maximum Gasteiger partial charge on any atom is 0.0997 e. The summed E-state index contributed by atoms with van der Waals surface area (Å²) in [5, 5.41) is 8.81. The summed E-state index contributed by atoms with van der Waals surface area (Å²) in [4.78, 5) is 0. The van der Waals surface area contributed by atoms with Gasteiger partial charge in [0.15, 0.2) is 0 Å². The minimum atomic E-state index is 0.667. The van der Waals surface area contributed by atoms with Crippen molar-refractivity contribution < 1.29 is 0 Å². The number of nitriles is 1. The molecule has 0 aromatic heterocycles. The number of nitrogens with zero attached hydrogens (tertiary/aromatic N) is 1. The molecular weight excluding hydrogens is 170 g/mol. The van der Waals surface area contributed by atoms with Gasteiger partial charge in [-0.15, -0.1) is 0 Å². The van der Waals surface area contributed by atoms with Crippen LogP contribution in [0.2, 0.25) is 0 Å². The Bertz CT molecular complexity index is 419. The normalized spacial score (nSPS) is 9.64. The maximum absolute atomic E-state index is 8.81. The number of allylic oxidation sites excluding steroid dienone is 3. The van der Waals surface area contributed by atoms with E-state index in [1.54, 1.807) is 12.1 Å². The maximum atomic E-state index is 8.81. The molecule has 1 nitrogen and oxygen atoms in total. The molecule has 0 saturated heterocycles. The molecule has 0 N–H and O–H groups in total. The Kier molecular flexibility index (Phi) is 3.46. The van der Waals surface area contributed by atoms with Gasteiger partial charge in [0.05, 0.1) is 11.6 Å². The van der Waals surface area contributed by atoms with E-state index in [1.165, 1.54) is 0 Å². The largest absolute Gasteiger partial charge is 0.192 e. The zero-order chi connectivity index (χ0) is 10.4. The van der Waals surface area contributed by atoms with E-state index < -0.39 is 0 Å². The van der Waals surface area contributed by atoms with Gasteiger partial charge in [0.25, 0.3) is 0 Å². The van der Waals surface area contributed by atoms with Crippen LogP contribution in [0, 0.1) is 11.3 Å². The first-order valence-corrected chi connectivity index (χ1v) is 4.26. The molecule has 68 valence electrons. The van der Waals surface area contributed by atoms with Crippen LogP contribution in [0.1, 0.15) is 11.1 Å². The third kappa shape index (κ3) is 2.46. The van der Waals surface area contributed by atoms with E-state index in [4.69, 9.17) is 5.26 Å². The molecule has 14 heavy (non-hydrogen) atoms. The predicted octanol–water partition coefficient (Wildman–Crippen LogP) is 3.31. The fourth-order valence-corrected chi connectivity index (χ4v) is 1.01. The van der Waals surface area contributed by atoms with Gasteiger partial charge in [0.1, 0.15) is 0 Å². The van der Waals surface area contributed by atoms with Crippen molar-refractivity contribution in [1.29, 1.82) is 5.26 Å². The lowest BCUT2D eigenvalue weighted by atomic mass is 10.1. The van der Waals surface area contributed by atoms with Crippen LogP contribution >= 0.6 is 0 Å². The standard InChI is InChI=1S/C13H11N/c1-3-11(2)8-9-12-6-4-5-7-13(12)10-14/h3-9H,1-2H2. The second-order valence-corrected chi connectivity index (χ2v) is 2.81. The Balaban J connectivity index is 2.98. The molecular formula is C13H11N. The highest BCUT2D eigenvalue weighted by Crippen LogP contribution is 2.10. The zero-order valence-corrected chi connectivity index (χ0v) is 7.90. The fraction of sp³-hybridized carbons (Fsp3) is 0. The van der Waals surface area contributed by atoms with Gasteiger partial charge in [-0.05, 0) is 17.2 Å². The lowest BCUT2D eigenvalue weighted by molar-refractivity contribution is 1.47. The van der Waals surface area contributed by atoms with E-state index in [1.807, 2.05) is 30.4 Å². The van der Waals surface area contributed by atoms with E-state index in [9.17, 15) is 0 Å². The Labute approximate surface area is 84.3 Å². The smallest absolute Gasteiger partial charge is 0.0997 e. The molecule has 1 aromatic carbocycles. The molecule has 0 amide bonds. The van der Waals surface area contributed by atoms with E-state index in [0.717, 1.165) is 11.1 Å². The molecule has 0 aliphatic rings. The summed E-state index contributed by atoms with van der Waals surface area (Å²) in [7, 11) is 0. The van der Waals surface area contributed by atoms with Crippen LogP contribution < -0.4 is 0 Å². The first-order chi connectivity index (χ1) is 6.77. The first kappa shape index (κ1) is 10.0. The monoisotopic (exact) mass is 181 g/mol. The second kappa shape index (κ2) is 4.84. The Hall–Kier alpha value is -2.07. The van der Waals surface area contributed by atoms with Gasteiger partial charge >= 0.3 is 0 Å². The van der Waals surface area contributed by atoms with Crippen LogP contribution in [0.15, 0.2) is 55.1 Å². The van der Waals surface area contributed by atoms with Gasteiger partial charge in [-0.25, -0.2) is 0 Å². The SMILES string of the molecule is C=CC(=C)C=Cc1ccccc1C#N. The van der Waals surface area contributed by atoms with Crippen LogP contribution in [0.5, 0.6) is 0 Å². The molecule has 0 unspecified atom stereocenters. The predicted molar refractivity (Wildman–Crippen MR) is 59.5 cm³/mol. The number of hydrogen-bond donors (Lipinski definition) is 0. The highest BCUT2D eigenvalue weighted by Gasteiger charge is 1.94. The van der Waals surface area contributed by atoms with Crippen LogP contribution in [-0.4, -0.2) is 0 Å². The van der Waals surface area contributed by atoms with Crippen molar-refractivity contribution in [3.8, 4) is 6.07 Å². The summed E-state index contributed by atoms with van der Waals surface area (Å²) >= 11 is 0. The minimum Gasteiger partial charge on any atom is -0.192 e. The summed E-state index contributed by atoms with van der Waals surface area (Å²) in [5.74, 6) is 0. The third-order valence-corrected chi connectivity index (χ3v) is 1.82. The van der Waals surface area contributed by atoms with Crippen molar-refractivity contribution in [2.75, 3.05) is 0 Å². The number of hydrogen-bond acceptors (Lipinski definition) is 1. The Morgan fingerprint density at radius 1 is 1.36 bits per heavy atom. The van der Waals surface area contributed by atoms with Gasteiger partial charge in [0.2, 0.25) is 0 Å². The van der Waals surface area contributed by atoms with E-state index in [0.29, 0.717) is 5.56 Å². The molecule has 0 aliphatic carbocycles. The van der Waals surface area contributed by atoms with Gasteiger partial charge in [-0.1, -0.05) is 49.6 Å². The first-order valence-electron chi connectivity index (χ1n) is 4.26. The molecule has 0 atom stereocenters. The van der Waals surface area contributed by atoms with Crippen LogP contribution in [-0.2, 0) is 0 Å². The van der Waals surface area contributed by atoms with E-state index >= 15 is 0 Å². The summed E-state index contributed by atoms with van der Waals surface area (Å²) in [6, 6.07) is 9.56. The van der Waals surface area contributed by atoms with Crippen molar-refractivity contribution in [3.05, 3.63) is 66.3 Å². The summed E-state index contributed by atoms with van der Waals surface area (Å²) in [6.45, 7) is 7.36. The number of benzene rings is 1. The molecule has 1 rings (SSSR count). The molecule has 0 radical (unpaired) electrons. The highest BCUT2D eigenvalue weighted by atomic mass is 14.2. The summed E-state index contributed by atoms with van der Waals surface area (Å²) in [5.41, 5.74) is 2.40. The molecule has 0 fully saturated rings. The van der Waals surface area contributed by atoms with Gasteiger partial charge in [0, 0.05) is 0 Å². The highest BCUT2D eigenvalue weighted by molar-refractivity contribution is 5.60. The second-order valence-electron chi connectivity index (χ2n) is 2.81. The summed E-state index contributed by atoms with van der Waals surface area (Å²) in [6.07, 6.45) is 5.37. The topological polar surface area (TPSA) is 23.8 Å². The van der Waals surface area contributed by atoms with Crippen LogP contribution in [0.3, 0.4) is 0 Å². The zero-order valence-electron chi connectivity index (χ0n) is 7.90. The van der Waals surface area contributed by atoms with Crippen LogP contribution in [0.4, 0.5) is 0 Å². The van der Waals surface area contributed by atoms with Crippen molar-refractivity contribution in [3.63, 3.8) is 0 Å². The van der Waals surface area contributed by atoms with Crippen molar-refractivity contribution >= 4 is 6.08 Å². The summed E-state index contributed by atoms with van der Waals surface area (Å²) < 4.78 is 0. The lowest BCUT2D eigenvalue weighted by Gasteiger charge is -1.95. The quantitative estimate of drug-likeness (QED) is 0.656. The fourth-order valence-electron chi connectivity index (χ4n) is 1.01. The van der Waals surface area contributed by atoms with Gasteiger partial charge in [-0.3, -0.25) is 0 Å². The average molecular weight is 181 g/mol. The van der Waals surface area contributed by atoms with Crippen molar-refractivity contribution in [2.45, 2.75) is 0 Å². The molecule has 1 heteroatoms. The lowest BCUT2D eigenvalue weighted by Crippen LogP contribution is -1.79. The Morgan fingerprint density at radius 2 is 2.07 bits per heavy atom. The van der Waals surface area contributed by atoms with Crippen LogP contribution in [0.25, 0.3) is 6.08 Å². The molecule has 0 spiro atoms. The third-order valence-electron chi connectivity index (χ3n) is 1.82. The number of rotatable bonds is 3.